The second kappa shape index (κ2) is 4.93. The third-order valence-electron chi connectivity index (χ3n) is 2.68. The number of hydrogen-bond donors (Lipinski definition) is 2. The van der Waals surface area contributed by atoms with Gasteiger partial charge in [-0.15, -0.1) is 0 Å². The van der Waals surface area contributed by atoms with E-state index in [4.69, 9.17) is 5.73 Å². The van der Waals surface area contributed by atoms with Gasteiger partial charge in [-0.3, -0.25) is 9.78 Å². The number of aromatic hydroxyl groups is 1. The molecular formula is C13H12FN3O2. The van der Waals surface area contributed by atoms with Crippen LogP contribution in [0.3, 0.4) is 0 Å². The number of anilines is 2. The van der Waals surface area contributed by atoms with E-state index in [0.717, 1.165) is 12.1 Å². The zero-order valence-electron chi connectivity index (χ0n) is 10.2. The molecule has 0 bridgehead atoms. The first-order chi connectivity index (χ1) is 9.00. The van der Waals surface area contributed by atoms with Crippen LogP contribution < -0.4 is 10.6 Å². The molecule has 19 heavy (non-hydrogen) atoms. The van der Waals surface area contributed by atoms with Crippen LogP contribution in [0.5, 0.6) is 5.75 Å². The van der Waals surface area contributed by atoms with Gasteiger partial charge in [0.2, 0.25) is 0 Å². The highest BCUT2D eigenvalue weighted by molar-refractivity contribution is 6.08. The number of rotatable bonds is 2. The summed E-state index contributed by atoms with van der Waals surface area (Å²) in [6.45, 7) is 0. The van der Waals surface area contributed by atoms with Gasteiger partial charge in [0.05, 0.1) is 23.1 Å². The zero-order valence-corrected chi connectivity index (χ0v) is 10.2. The van der Waals surface area contributed by atoms with Gasteiger partial charge in [-0.25, -0.2) is 4.39 Å². The van der Waals surface area contributed by atoms with Crippen molar-refractivity contribution in [2.45, 2.75) is 0 Å². The number of nitrogens with zero attached hydrogens (tertiary/aromatic N) is 2. The number of nitrogens with two attached hydrogens (primary N) is 1. The quantitative estimate of drug-likeness (QED) is 0.863. The predicted molar refractivity (Wildman–Crippen MR) is 69.4 cm³/mol. The van der Waals surface area contributed by atoms with E-state index in [9.17, 15) is 14.3 Å². The molecule has 1 aromatic carbocycles. The summed E-state index contributed by atoms with van der Waals surface area (Å²) < 4.78 is 12.9. The summed E-state index contributed by atoms with van der Waals surface area (Å²) in [5.41, 5.74) is 6.52. The van der Waals surface area contributed by atoms with Crippen molar-refractivity contribution in [1.29, 1.82) is 0 Å². The van der Waals surface area contributed by atoms with Gasteiger partial charge in [0.15, 0.2) is 0 Å². The molecule has 98 valence electrons. The number of phenols is 1. The topological polar surface area (TPSA) is 79.5 Å². The smallest absolute Gasteiger partial charge is 0.261 e. The van der Waals surface area contributed by atoms with Crippen LogP contribution in [0.2, 0.25) is 0 Å². The molecule has 1 amide bonds. The van der Waals surface area contributed by atoms with Crippen LogP contribution in [0, 0.1) is 5.82 Å². The lowest BCUT2D eigenvalue weighted by Gasteiger charge is -2.19. The van der Waals surface area contributed by atoms with E-state index in [1.165, 1.54) is 30.4 Å². The number of phenolic OH excluding ortho intramolecular Hbond substituents is 1. The van der Waals surface area contributed by atoms with E-state index in [1.807, 2.05) is 0 Å². The molecule has 3 N–H and O–H groups in total. The van der Waals surface area contributed by atoms with Gasteiger partial charge in [0, 0.05) is 19.3 Å². The molecule has 6 heteroatoms. The average molecular weight is 261 g/mol. The van der Waals surface area contributed by atoms with Crippen LogP contribution in [0.15, 0.2) is 36.7 Å². The molecule has 0 aliphatic heterocycles. The lowest BCUT2D eigenvalue weighted by atomic mass is 10.1. The Morgan fingerprint density at radius 3 is 2.79 bits per heavy atom. The highest BCUT2D eigenvalue weighted by Gasteiger charge is 2.19. The first-order valence-electron chi connectivity index (χ1n) is 5.46. The van der Waals surface area contributed by atoms with Crippen LogP contribution in [-0.2, 0) is 0 Å². The van der Waals surface area contributed by atoms with Crippen molar-refractivity contribution in [2.75, 3.05) is 17.7 Å². The molecule has 0 fully saturated rings. The van der Waals surface area contributed by atoms with Crippen molar-refractivity contribution in [3.63, 3.8) is 0 Å². The van der Waals surface area contributed by atoms with Crippen LogP contribution in [0.25, 0.3) is 0 Å². The molecule has 0 aliphatic carbocycles. The minimum atomic E-state index is -0.611. The molecule has 0 spiro atoms. The van der Waals surface area contributed by atoms with Crippen molar-refractivity contribution < 1.29 is 14.3 Å². The van der Waals surface area contributed by atoms with E-state index in [-0.39, 0.29) is 5.56 Å². The van der Waals surface area contributed by atoms with Crippen LogP contribution in [0.1, 0.15) is 10.4 Å². The van der Waals surface area contributed by atoms with Crippen molar-refractivity contribution in [1.82, 2.24) is 4.98 Å². The monoisotopic (exact) mass is 261 g/mol. The normalized spacial score (nSPS) is 10.2. The summed E-state index contributed by atoms with van der Waals surface area (Å²) in [6, 6.07) is 4.79. The summed E-state index contributed by atoms with van der Waals surface area (Å²) in [6.07, 6.45) is 2.92. The molecular weight excluding hydrogens is 249 g/mol. The Kier molecular flexibility index (Phi) is 3.33. The Labute approximate surface area is 109 Å². The van der Waals surface area contributed by atoms with Crippen molar-refractivity contribution in [3.05, 3.63) is 48.0 Å². The Morgan fingerprint density at radius 2 is 2.16 bits per heavy atom. The maximum absolute atomic E-state index is 12.9. The number of hydrogen-bond acceptors (Lipinski definition) is 4. The lowest BCUT2D eigenvalue weighted by Crippen LogP contribution is -2.27. The first-order valence-corrected chi connectivity index (χ1v) is 5.46. The SMILES string of the molecule is CN(C(=O)c1ccc(F)cc1O)c1ccncc1N. The number of aromatic nitrogens is 1. The van der Waals surface area contributed by atoms with Gasteiger partial charge in [-0.2, -0.15) is 0 Å². The molecule has 2 rings (SSSR count). The second-order valence-electron chi connectivity index (χ2n) is 3.96. The average Bonchev–Trinajstić information content (AvgIpc) is 2.38. The second-order valence-corrected chi connectivity index (χ2v) is 3.96. The van der Waals surface area contributed by atoms with E-state index in [0.29, 0.717) is 11.4 Å². The largest absolute Gasteiger partial charge is 0.507 e. The Bertz CT molecular complexity index is 631. The zero-order chi connectivity index (χ0) is 14.0. The number of halogens is 1. The van der Waals surface area contributed by atoms with Crippen molar-refractivity contribution >= 4 is 17.3 Å². The van der Waals surface area contributed by atoms with Crippen molar-refractivity contribution in [2.24, 2.45) is 0 Å². The number of benzene rings is 1. The first kappa shape index (κ1) is 12.8. The van der Waals surface area contributed by atoms with Gasteiger partial charge < -0.3 is 15.7 Å². The van der Waals surface area contributed by atoms with E-state index < -0.39 is 17.5 Å². The van der Waals surface area contributed by atoms with Gasteiger partial charge >= 0.3 is 0 Å². The minimum absolute atomic E-state index is 0.000104. The summed E-state index contributed by atoms with van der Waals surface area (Å²) in [5.74, 6) is -1.51. The van der Waals surface area contributed by atoms with Crippen molar-refractivity contribution in [3.8, 4) is 5.75 Å². The summed E-state index contributed by atoms with van der Waals surface area (Å²) in [5, 5.41) is 9.60. The third kappa shape index (κ3) is 2.47. The molecule has 0 atom stereocenters. The number of carbonyl (C=O) groups excluding carboxylic acids is 1. The van der Waals surface area contributed by atoms with Crippen LogP contribution in [-0.4, -0.2) is 23.0 Å². The van der Waals surface area contributed by atoms with Gasteiger partial charge in [0.25, 0.3) is 5.91 Å². The Morgan fingerprint density at radius 1 is 1.42 bits per heavy atom. The maximum atomic E-state index is 12.9. The summed E-state index contributed by atoms with van der Waals surface area (Å²) in [7, 11) is 1.51. The van der Waals surface area contributed by atoms with Gasteiger partial charge in [-0.05, 0) is 18.2 Å². The fourth-order valence-electron chi connectivity index (χ4n) is 1.68. The van der Waals surface area contributed by atoms with E-state index in [1.54, 1.807) is 6.07 Å². The van der Waals surface area contributed by atoms with Gasteiger partial charge in [0.1, 0.15) is 11.6 Å². The molecule has 0 aliphatic rings. The molecule has 1 aromatic heterocycles. The molecule has 5 nitrogen and oxygen atoms in total. The number of amides is 1. The lowest BCUT2D eigenvalue weighted by molar-refractivity contribution is 0.0990. The Hall–Kier alpha value is -2.63. The highest BCUT2D eigenvalue weighted by Crippen LogP contribution is 2.25. The standard InChI is InChI=1S/C13H12FN3O2/c1-17(11-4-5-16-7-10(11)15)13(19)9-3-2-8(14)6-12(9)18/h2-7,18H,15H2,1H3. The number of nitrogen functional groups attached to an aromatic ring is 1. The molecule has 0 radical (unpaired) electrons. The van der Waals surface area contributed by atoms with Crippen LogP contribution >= 0.6 is 0 Å². The highest BCUT2D eigenvalue weighted by atomic mass is 19.1. The number of pyridine rings is 1. The van der Waals surface area contributed by atoms with Gasteiger partial charge in [-0.1, -0.05) is 0 Å². The van der Waals surface area contributed by atoms with E-state index in [2.05, 4.69) is 4.98 Å². The summed E-state index contributed by atoms with van der Waals surface area (Å²) in [4.78, 5) is 17.3. The Balaban J connectivity index is 2.37. The fraction of sp³-hybridized carbons (Fsp3) is 0.0769. The maximum Gasteiger partial charge on any atom is 0.261 e. The molecule has 0 unspecified atom stereocenters. The van der Waals surface area contributed by atoms with Crippen LogP contribution in [0.4, 0.5) is 15.8 Å². The van der Waals surface area contributed by atoms with E-state index >= 15 is 0 Å². The number of carbonyl (C=O) groups is 1. The third-order valence-corrected chi connectivity index (χ3v) is 2.68. The molecule has 0 saturated carbocycles. The molecule has 1 heterocycles. The fourth-order valence-corrected chi connectivity index (χ4v) is 1.68. The molecule has 2 aromatic rings. The summed E-state index contributed by atoms with van der Waals surface area (Å²) >= 11 is 0. The molecule has 0 saturated heterocycles. The minimum Gasteiger partial charge on any atom is -0.507 e. The predicted octanol–water partition coefficient (Wildman–Crippen LogP) is 1.79.